The molecule has 0 spiro atoms. The van der Waals surface area contributed by atoms with Gasteiger partial charge in [-0.15, -0.1) is 19.0 Å². The van der Waals surface area contributed by atoms with E-state index in [9.17, 15) is 4.79 Å². The zero-order chi connectivity index (χ0) is 12.3. The number of hydrogen-bond donors (Lipinski definition) is 2. The summed E-state index contributed by atoms with van der Waals surface area (Å²) >= 11 is 0. The normalized spacial score (nSPS) is 31.3. The van der Waals surface area contributed by atoms with Crippen molar-refractivity contribution in [1.82, 2.24) is 10.2 Å². The summed E-state index contributed by atoms with van der Waals surface area (Å²) < 4.78 is 0. The van der Waals surface area contributed by atoms with Crippen LogP contribution in [0.1, 0.15) is 19.3 Å². The number of amides is 1. The van der Waals surface area contributed by atoms with Crippen molar-refractivity contribution < 1.29 is 4.79 Å². The Morgan fingerprint density at radius 2 is 2.22 bits per heavy atom. The van der Waals surface area contributed by atoms with Gasteiger partial charge in [0.25, 0.3) is 0 Å². The number of likely N-dealkylation sites (tertiary alicyclic amines) is 1. The molecule has 0 radical (unpaired) electrons. The highest BCUT2D eigenvalue weighted by atomic mass is 35.5. The number of rotatable bonds is 4. The van der Waals surface area contributed by atoms with Crippen LogP contribution in [0.15, 0.2) is 12.7 Å². The lowest BCUT2D eigenvalue weighted by Gasteiger charge is -2.29. The number of nitrogens with zero attached hydrogens (tertiary/aromatic N) is 1. The molecule has 0 aromatic carbocycles. The second-order valence-electron chi connectivity index (χ2n) is 5.31. The van der Waals surface area contributed by atoms with Gasteiger partial charge in [0.15, 0.2) is 0 Å². The molecule has 4 nitrogen and oxygen atoms in total. The Kier molecular flexibility index (Phi) is 6.12. The van der Waals surface area contributed by atoms with Gasteiger partial charge in [-0.3, -0.25) is 9.69 Å². The summed E-state index contributed by atoms with van der Waals surface area (Å²) in [5.41, 5.74) is 6.15. The van der Waals surface area contributed by atoms with Crippen molar-refractivity contribution in [3.63, 3.8) is 0 Å². The quantitative estimate of drug-likeness (QED) is 0.744. The van der Waals surface area contributed by atoms with Crippen LogP contribution in [0, 0.1) is 11.8 Å². The molecule has 1 saturated heterocycles. The summed E-state index contributed by atoms with van der Waals surface area (Å²) in [4.78, 5) is 13.9. The summed E-state index contributed by atoms with van der Waals surface area (Å²) in [5, 5.41) is 2.82. The maximum absolute atomic E-state index is 11.6. The standard InChI is InChI=1S/C13H23N3O.ClH/c1-2-6-15-13(17)9-16-7-10-4-3-5-12(14)11(10)8-16;/h2,10-12H,1,3-9,14H2,(H,15,17);1H. The van der Waals surface area contributed by atoms with E-state index in [1.165, 1.54) is 12.8 Å². The molecule has 2 aliphatic rings. The Balaban J connectivity index is 0.00000162. The zero-order valence-corrected chi connectivity index (χ0v) is 11.6. The maximum atomic E-state index is 11.6. The van der Waals surface area contributed by atoms with Crippen molar-refractivity contribution in [1.29, 1.82) is 0 Å². The van der Waals surface area contributed by atoms with E-state index < -0.39 is 0 Å². The minimum Gasteiger partial charge on any atom is -0.352 e. The fourth-order valence-electron chi connectivity index (χ4n) is 3.18. The van der Waals surface area contributed by atoms with E-state index in [1.54, 1.807) is 6.08 Å². The first-order valence-corrected chi connectivity index (χ1v) is 6.56. The van der Waals surface area contributed by atoms with Gasteiger partial charge in [0.2, 0.25) is 5.91 Å². The maximum Gasteiger partial charge on any atom is 0.234 e. The lowest BCUT2D eigenvalue weighted by Crippen LogP contribution is -2.39. The van der Waals surface area contributed by atoms with E-state index >= 15 is 0 Å². The molecule has 1 amide bonds. The third-order valence-electron chi connectivity index (χ3n) is 4.04. The van der Waals surface area contributed by atoms with E-state index in [0.717, 1.165) is 19.5 Å². The van der Waals surface area contributed by atoms with Crippen LogP contribution in [-0.4, -0.2) is 43.0 Å². The highest BCUT2D eigenvalue weighted by Crippen LogP contribution is 2.35. The number of halogens is 1. The Morgan fingerprint density at radius 3 is 2.89 bits per heavy atom. The molecule has 3 N–H and O–H groups in total. The number of hydrogen-bond acceptors (Lipinski definition) is 3. The second kappa shape index (κ2) is 7.12. The van der Waals surface area contributed by atoms with Crippen molar-refractivity contribution in [3.05, 3.63) is 12.7 Å². The van der Waals surface area contributed by atoms with Gasteiger partial charge in [0.05, 0.1) is 6.54 Å². The molecule has 1 aliphatic heterocycles. The first kappa shape index (κ1) is 15.5. The molecule has 1 saturated carbocycles. The lowest BCUT2D eigenvalue weighted by atomic mass is 9.78. The molecule has 2 rings (SSSR count). The predicted octanol–water partition coefficient (Wildman–Crippen LogP) is 0.770. The van der Waals surface area contributed by atoms with Crippen LogP contribution in [0.2, 0.25) is 0 Å². The van der Waals surface area contributed by atoms with E-state index in [0.29, 0.717) is 31.0 Å². The predicted molar refractivity (Wildman–Crippen MR) is 75.7 cm³/mol. The monoisotopic (exact) mass is 273 g/mol. The third-order valence-corrected chi connectivity index (χ3v) is 4.04. The van der Waals surface area contributed by atoms with Gasteiger partial charge < -0.3 is 11.1 Å². The van der Waals surface area contributed by atoms with Gasteiger partial charge in [0.1, 0.15) is 0 Å². The van der Waals surface area contributed by atoms with Gasteiger partial charge in [-0.2, -0.15) is 0 Å². The summed E-state index contributed by atoms with van der Waals surface area (Å²) in [5.74, 6) is 1.42. The van der Waals surface area contributed by atoms with E-state index in [2.05, 4.69) is 16.8 Å². The number of nitrogens with one attached hydrogen (secondary N) is 1. The Hall–Kier alpha value is -0.580. The fourth-order valence-corrected chi connectivity index (χ4v) is 3.18. The van der Waals surface area contributed by atoms with E-state index in [4.69, 9.17) is 5.73 Å². The second-order valence-corrected chi connectivity index (χ2v) is 5.31. The third kappa shape index (κ3) is 3.70. The number of nitrogens with two attached hydrogens (primary N) is 1. The van der Waals surface area contributed by atoms with Gasteiger partial charge in [0, 0.05) is 25.7 Å². The molecule has 0 bridgehead atoms. The molecule has 3 unspecified atom stereocenters. The van der Waals surface area contributed by atoms with Crippen LogP contribution in [0.25, 0.3) is 0 Å². The van der Waals surface area contributed by atoms with Gasteiger partial charge >= 0.3 is 0 Å². The van der Waals surface area contributed by atoms with Crippen LogP contribution >= 0.6 is 12.4 Å². The highest BCUT2D eigenvalue weighted by molar-refractivity contribution is 5.85. The molecule has 18 heavy (non-hydrogen) atoms. The first-order chi connectivity index (χ1) is 8.20. The summed E-state index contributed by atoms with van der Waals surface area (Å²) in [6.07, 6.45) is 5.39. The number of carbonyl (C=O) groups excluding carboxylic acids is 1. The summed E-state index contributed by atoms with van der Waals surface area (Å²) in [6.45, 7) is 6.69. The lowest BCUT2D eigenvalue weighted by molar-refractivity contribution is -0.121. The summed E-state index contributed by atoms with van der Waals surface area (Å²) in [6, 6.07) is 0.343. The van der Waals surface area contributed by atoms with Crippen molar-refractivity contribution in [2.45, 2.75) is 25.3 Å². The van der Waals surface area contributed by atoms with E-state index in [-0.39, 0.29) is 18.3 Å². The van der Waals surface area contributed by atoms with Crippen LogP contribution in [0.4, 0.5) is 0 Å². The molecule has 1 heterocycles. The smallest absolute Gasteiger partial charge is 0.234 e. The topological polar surface area (TPSA) is 58.4 Å². The SMILES string of the molecule is C=CCNC(=O)CN1CC2CCCC(N)C2C1.Cl. The van der Waals surface area contributed by atoms with Crippen molar-refractivity contribution >= 4 is 18.3 Å². The average Bonchev–Trinajstić information content (AvgIpc) is 2.70. The van der Waals surface area contributed by atoms with Crippen LogP contribution in [-0.2, 0) is 4.79 Å². The number of fused-ring (bicyclic) bond motifs is 1. The Morgan fingerprint density at radius 1 is 1.44 bits per heavy atom. The first-order valence-electron chi connectivity index (χ1n) is 6.56. The average molecular weight is 274 g/mol. The van der Waals surface area contributed by atoms with Crippen molar-refractivity contribution in [2.75, 3.05) is 26.2 Å². The molecule has 3 atom stereocenters. The number of carbonyl (C=O) groups is 1. The van der Waals surface area contributed by atoms with Gasteiger partial charge in [-0.1, -0.05) is 12.5 Å². The fraction of sp³-hybridized carbons (Fsp3) is 0.769. The minimum absolute atomic E-state index is 0. The molecule has 2 fully saturated rings. The molecule has 1 aliphatic carbocycles. The van der Waals surface area contributed by atoms with Gasteiger partial charge in [-0.05, 0) is 24.7 Å². The highest BCUT2D eigenvalue weighted by Gasteiger charge is 2.38. The largest absolute Gasteiger partial charge is 0.352 e. The molecule has 104 valence electrons. The zero-order valence-electron chi connectivity index (χ0n) is 10.8. The van der Waals surface area contributed by atoms with E-state index in [1.807, 2.05) is 0 Å². The molecular weight excluding hydrogens is 250 g/mol. The van der Waals surface area contributed by atoms with Crippen LogP contribution in [0.5, 0.6) is 0 Å². The van der Waals surface area contributed by atoms with Gasteiger partial charge in [-0.25, -0.2) is 0 Å². The molecule has 0 aromatic rings. The van der Waals surface area contributed by atoms with Crippen molar-refractivity contribution in [3.8, 4) is 0 Å². The minimum atomic E-state index is 0. The van der Waals surface area contributed by atoms with Crippen LogP contribution in [0.3, 0.4) is 0 Å². The Bertz CT molecular complexity index is 298. The van der Waals surface area contributed by atoms with Crippen LogP contribution < -0.4 is 11.1 Å². The van der Waals surface area contributed by atoms with Crippen molar-refractivity contribution in [2.24, 2.45) is 17.6 Å². The molecular formula is C13H24ClN3O. The molecule has 5 heteroatoms. The summed E-state index contributed by atoms with van der Waals surface area (Å²) in [7, 11) is 0. The Labute approximate surface area is 115 Å². The molecule has 0 aromatic heterocycles.